The molecule has 1 amide bonds. The van der Waals surface area contributed by atoms with Gasteiger partial charge in [0.15, 0.2) is 0 Å². The van der Waals surface area contributed by atoms with E-state index >= 15 is 0 Å². The van der Waals surface area contributed by atoms with Gasteiger partial charge in [0.2, 0.25) is 5.91 Å². The standard InChI is InChI=1S/C18H18FN3O2/c1-11-15(12(2)22-18(24)16(11)9-20)6-7-17(23)21-10-13-4-3-5-14(19)8-13/h3-5,8H,6-7,10H2,1-2H3,(H,21,23)(H,22,24). The van der Waals surface area contributed by atoms with Gasteiger partial charge in [-0.1, -0.05) is 12.1 Å². The highest BCUT2D eigenvalue weighted by Crippen LogP contribution is 2.15. The molecule has 0 fully saturated rings. The molecule has 0 unspecified atom stereocenters. The molecule has 0 radical (unpaired) electrons. The monoisotopic (exact) mass is 327 g/mol. The second-order valence-corrected chi connectivity index (χ2v) is 5.58. The van der Waals surface area contributed by atoms with Gasteiger partial charge in [0.25, 0.3) is 5.56 Å². The molecule has 0 saturated carbocycles. The third-order valence-electron chi connectivity index (χ3n) is 3.90. The van der Waals surface area contributed by atoms with E-state index in [0.29, 0.717) is 23.2 Å². The van der Waals surface area contributed by atoms with Gasteiger partial charge in [-0.25, -0.2) is 4.39 Å². The van der Waals surface area contributed by atoms with Crippen molar-refractivity contribution in [3.63, 3.8) is 0 Å². The van der Waals surface area contributed by atoms with Gasteiger partial charge in [-0.2, -0.15) is 5.26 Å². The van der Waals surface area contributed by atoms with Gasteiger partial charge in [-0.05, 0) is 49.1 Å². The van der Waals surface area contributed by atoms with Crippen molar-refractivity contribution in [3.8, 4) is 6.07 Å². The molecule has 0 saturated heterocycles. The molecule has 2 aromatic rings. The van der Waals surface area contributed by atoms with E-state index in [0.717, 1.165) is 5.56 Å². The molecule has 0 atom stereocenters. The van der Waals surface area contributed by atoms with Crippen molar-refractivity contribution in [2.75, 3.05) is 0 Å². The van der Waals surface area contributed by atoms with Crippen LogP contribution in [0.25, 0.3) is 0 Å². The maximum Gasteiger partial charge on any atom is 0.266 e. The molecular formula is C18H18FN3O2. The minimum atomic E-state index is -0.410. The van der Waals surface area contributed by atoms with E-state index in [1.807, 2.05) is 6.07 Å². The van der Waals surface area contributed by atoms with Crippen LogP contribution in [-0.2, 0) is 17.8 Å². The van der Waals surface area contributed by atoms with Crippen molar-refractivity contribution in [2.24, 2.45) is 0 Å². The molecule has 24 heavy (non-hydrogen) atoms. The van der Waals surface area contributed by atoms with Crippen LogP contribution in [0, 0.1) is 31.0 Å². The Balaban J connectivity index is 2.00. The van der Waals surface area contributed by atoms with Crippen LogP contribution in [0.15, 0.2) is 29.1 Å². The first-order chi connectivity index (χ1) is 11.4. The number of benzene rings is 1. The topological polar surface area (TPSA) is 85.8 Å². The highest BCUT2D eigenvalue weighted by atomic mass is 19.1. The Morgan fingerprint density at radius 3 is 2.79 bits per heavy atom. The fraction of sp³-hybridized carbons (Fsp3) is 0.278. The summed E-state index contributed by atoms with van der Waals surface area (Å²) in [6.45, 7) is 3.71. The SMILES string of the molecule is Cc1[nH]c(=O)c(C#N)c(C)c1CCC(=O)NCc1cccc(F)c1. The van der Waals surface area contributed by atoms with Crippen LogP contribution in [0.1, 0.15) is 34.4 Å². The lowest BCUT2D eigenvalue weighted by Gasteiger charge is -2.11. The maximum atomic E-state index is 13.1. The number of aromatic amines is 1. The van der Waals surface area contributed by atoms with Crippen LogP contribution in [0.4, 0.5) is 4.39 Å². The van der Waals surface area contributed by atoms with Crippen molar-refractivity contribution in [3.05, 3.63) is 68.4 Å². The maximum absolute atomic E-state index is 13.1. The van der Waals surface area contributed by atoms with E-state index in [-0.39, 0.29) is 30.3 Å². The molecular weight excluding hydrogens is 309 g/mol. The lowest BCUT2D eigenvalue weighted by molar-refractivity contribution is -0.121. The summed E-state index contributed by atoms with van der Waals surface area (Å²) in [6.07, 6.45) is 0.631. The quantitative estimate of drug-likeness (QED) is 0.883. The number of amides is 1. The van der Waals surface area contributed by atoms with Gasteiger partial charge in [0, 0.05) is 18.7 Å². The highest BCUT2D eigenvalue weighted by Gasteiger charge is 2.13. The zero-order valence-electron chi connectivity index (χ0n) is 13.6. The third kappa shape index (κ3) is 4.07. The number of hydrogen-bond acceptors (Lipinski definition) is 3. The zero-order valence-corrected chi connectivity index (χ0v) is 13.6. The Hall–Kier alpha value is -2.94. The molecule has 124 valence electrons. The summed E-state index contributed by atoms with van der Waals surface area (Å²) in [5, 5.41) is 11.8. The molecule has 6 heteroatoms. The summed E-state index contributed by atoms with van der Waals surface area (Å²) in [5.41, 5.74) is 2.42. The van der Waals surface area contributed by atoms with Crippen LogP contribution in [-0.4, -0.2) is 10.9 Å². The second-order valence-electron chi connectivity index (χ2n) is 5.58. The predicted octanol–water partition coefficient (Wildman–Crippen LogP) is 2.25. The first-order valence-electron chi connectivity index (χ1n) is 7.56. The summed E-state index contributed by atoms with van der Waals surface area (Å²) in [4.78, 5) is 26.3. The van der Waals surface area contributed by atoms with Crippen molar-refractivity contribution in [2.45, 2.75) is 33.2 Å². The van der Waals surface area contributed by atoms with Gasteiger partial charge in [0.1, 0.15) is 17.4 Å². The molecule has 0 aliphatic heterocycles. The summed E-state index contributed by atoms with van der Waals surface area (Å²) in [5.74, 6) is -0.520. The first kappa shape index (κ1) is 17.4. The second kappa shape index (κ2) is 7.55. The number of nitrogens with zero attached hydrogens (tertiary/aromatic N) is 1. The van der Waals surface area contributed by atoms with Gasteiger partial charge in [0.05, 0.1) is 0 Å². The summed E-state index contributed by atoms with van der Waals surface area (Å²) in [6, 6.07) is 7.93. The van der Waals surface area contributed by atoms with Gasteiger partial charge < -0.3 is 10.3 Å². The molecule has 1 aromatic carbocycles. The number of nitrogens with one attached hydrogen (secondary N) is 2. The van der Waals surface area contributed by atoms with Gasteiger partial charge >= 0.3 is 0 Å². The number of aromatic nitrogens is 1. The van der Waals surface area contributed by atoms with Crippen molar-refractivity contribution >= 4 is 5.91 Å². The first-order valence-corrected chi connectivity index (χ1v) is 7.56. The fourth-order valence-electron chi connectivity index (χ4n) is 2.59. The number of H-pyrrole nitrogens is 1. The Kier molecular flexibility index (Phi) is 5.48. The molecule has 0 aliphatic carbocycles. The van der Waals surface area contributed by atoms with Gasteiger partial charge in [-0.15, -0.1) is 0 Å². The van der Waals surface area contributed by atoms with E-state index in [9.17, 15) is 14.0 Å². The Morgan fingerprint density at radius 2 is 2.12 bits per heavy atom. The number of halogens is 1. The highest BCUT2D eigenvalue weighted by molar-refractivity contribution is 5.76. The number of carbonyl (C=O) groups is 1. The average molecular weight is 327 g/mol. The van der Waals surface area contributed by atoms with Crippen molar-refractivity contribution in [1.29, 1.82) is 5.26 Å². The molecule has 1 heterocycles. The number of aryl methyl sites for hydroxylation is 1. The van der Waals surface area contributed by atoms with Crippen molar-refractivity contribution in [1.82, 2.24) is 10.3 Å². The Bertz CT molecular complexity index is 866. The van der Waals surface area contributed by atoms with Crippen LogP contribution in [0.5, 0.6) is 0 Å². The van der Waals surface area contributed by atoms with Crippen molar-refractivity contribution < 1.29 is 9.18 Å². The van der Waals surface area contributed by atoms with Gasteiger partial charge in [-0.3, -0.25) is 9.59 Å². The Labute approximate surface area is 139 Å². The molecule has 5 nitrogen and oxygen atoms in total. The van der Waals surface area contributed by atoms with E-state index in [2.05, 4.69) is 10.3 Å². The normalized spacial score (nSPS) is 10.2. The average Bonchev–Trinajstić information content (AvgIpc) is 2.53. The third-order valence-corrected chi connectivity index (χ3v) is 3.90. The Morgan fingerprint density at radius 1 is 1.38 bits per heavy atom. The molecule has 2 rings (SSSR count). The van der Waals surface area contributed by atoms with Crippen LogP contribution >= 0.6 is 0 Å². The molecule has 0 spiro atoms. The van der Waals surface area contributed by atoms with Crippen LogP contribution in [0.2, 0.25) is 0 Å². The largest absolute Gasteiger partial charge is 0.352 e. The summed E-state index contributed by atoms with van der Waals surface area (Å²) in [7, 11) is 0. The van der Waals surface area contributed by atoms with E-state index in [1.165, 1.54) is 12.1 Å². The minimum Gasteiger partial charge on any atom is -0.352 e. The fourth-order valence-corrected chi connectivity index (χ4v) is 2.59. The van der Waals surface area contributed by atoms with Crippen LogP contribution in [0.3, 0.4) is 0 Å². The summed E-state index contributed by atoms with van der Waals surface area (Å²) < 4.78 is 13.1. The summed E-state index contributed by atoms with van der Waals surface area (Å²) >= 11 is 0. The molecule has 0 aliphatic rings. The molecule has 1 aromatic heterocycles. The molecule has 2 N–H and O–H groups in total. The lowest BCUT2D eigenvalue weighted by Crippen LogP contribution is -2.24. The molecule has 0 bridgehead atoms. The predicted molar refractivity (Wildman–Crippen MR) is 87.8 cm³/mol. The van der Waals surface area contributed by atoms with Crippen LogP contribution < -0.4 is 10.9 Å². The number of hydrogen-bond donors (Lipinski definition) is 2. The lowest BCUT2D eigenvalue weighted by atomic mass is 9.99. The van der Waals surface area contributed by atoms with E-state index < -0.39 is 5.56 Å². The number of nitriles is 1. The van der Waals surface area contributed by atoms with E-state index in [1.54, 1.807) is 26.0 Å². The zero-order chi connectivity index (χ0) is 17.7. The number of carbonyl (C=O) groups excluding carboxylic acids is 1. The smallest absolute Gasteiger partial charge is 0.266 e. The van der Waals surface area contributed by atoms with E-state index in [4.69, 9.17) is 5.26 Å². The minimum absolute atomic E-state index is 0.0794. The number of rotatable bonds is 5. The number of pyridine rings is 1.